The van der Waals surface area contributed by atoms with Crippen molar-refractivity contribution in [3.05, 3.63) is 87.5 Å². The normalized spacial score (nSPS) is 11.7. The molecular formula is C21H18ClN3O3. The molecule has 0 aliphatic rings. The molecule has 2 aromatic heterocycles. The molecule has 28 heavy (non-hydrogen) atoms. The molecule has 142 valence electrons. The Bertz CT molecular complexity index is 1200. The SMILES string of the molecule is CC(C)(Oc1ccc2c(=O)ccoc2c1)c1cn(Cc2ccccc2Cl)nn1. The minimum atomic E-state index is -0.735. The molecule has 0 spiro atoms. The van der Waals surface area contributed by atoms with E-state index in [4.69, 9.17) is 20.8 Å². The maximum atomic E-state index is 11.8. The minimum Gasteiger partial charge on any atom is -0.481 e. The van der Waals surface area contributed by atoms with Crippen molar-refractivity contribution in [3.8, 4) is 5.75 Å². The molecule has 0 saturated carbocycles. The van der Waals surface area contributed by atoms with Gasteiger partial charge in [-0.3, -0.25) is 4.79 Å². The van der Waals surface area contributed by atoms with Crippen LogP contribution in [0.2, 0.25) is 5.02 Å². The first-order valence-electron chi connectivity index (χ1n) is 8.77. The Morgan fingerprint density at radius 3 is 2.82 bits per heavy atom. The molecule has 6 nitrogen and oxygen atoms in total. The second kappa shape index (κ2) is 7.13. The highest BCUT2D eigenvalue weighted by Crippen LogP contribution is 2.28. The van der Waals surface area contributed by atoms with Gasteiger partial charge in [0.25, 0.3) is 0 Å². The molecule has 0 aliphatic carbocycles. The topological polar surface area (TPSA) is 70.2 Å². The lowest BCUT2D eigenvalue weighted by atomic mass is 10.1. The van der Waals surface area contributed by atoms with Crippen molar-refractivity contribution in [1.82, 2.24) is 15.0 Å². The number of halogens is 1. The van der Waals surface area contributed by atoms with E-state index in [0.717, 1.165) is 5.56 Å². The molecule has 7 heteroatoms. The van der Waals surface area contributed by atoms with Crippen molar-refractivity contribution in [2.45, 2.75) is 26.0 Å². The molecule has 2 aromatic carbocycles. The predicted octanol–water partition coefficient (Wildman–Crippen LogP) is 4.40. The number of nitrogens with zero attached hydrogens (tertiary/aromatic N) is 3. The number of fused-ring (bicyclic) bond motifs is 1. The highest BCUT2D eigenvalue weighted by Gasteiger charge is 2.27. The quantitative estimate of drug-likeness (QED) is 0.501. The zero-order chi connectivity index (χ0) is 19.7. The molecule has 0 bridgehead atoms. The largest absolute Gasteiger partial charge is 0.481 e. The highest BCUT2D eigenvalue weighted by molar-refractivity contribution is 6.31. The molecule has 0 aliphatic heterocycles. The Kier molecular flexibility index (Phi) is 4.65. The van der Waals surface area contributed by atoms with Crippen LogP contribution in [0.3, 0.4) is 0 Å². The van der Waals surface area contributed by atoms with Gasteiger partial charge in [-0.1, -0.05) is 35.0 Å². The van der Waals surface area contributed by atoms with Crippen LogP contribution in [0.4, 0.5) is 0 Å². The average molecular weight is 396 g/mol. The molecule has 0 N–H and O–H groups in total. The maximum Gasteiger partial charge on any atom is 0.192 e. The number of ether oxygens (including phenoxy) is 1. The molecule has 4 aromatic rings. The second-order valence-corrected chi connectivity index (χ2v) is 7.36. The molecule has 2 heterocycles. The Morgan fingerprint density at radius 2 is 2.00 bits per heavy atom. The number of hydrogen-bond donors (Lipinski definition) is 0. The Morgan fingerprint density at radius 1 is 1.18 bits per heavy atom. The van der Waals surface area contributed by atoms with Gasteiger partial charge in [0.2, 0.25) is 0 Å². The maximum absolute atomic E-state index is 11.8. The van der Waals surface area contributed by atoms with Crippen LogP contribution in [0.5, 0.6) is 5.75 Å². The fraction of sp³-hybridized carbons (Fsp3) is 0.190. The Balaban J connectivity index is 1.56. The van der Waals surface area contributed by atoms with Crippen LogP contribution in [0.15, 0.2) is 70.2 Å². The van der Waals surface area contributed by atoms with E-state index in [1.807, 2.05) is 44.3 Å². The van der Waals surface area contributed by atoms with Gasteiger partial charge in [-0.2, -0.15) is 0 Å². The third-order valence-corrected chi connectivity index (χ3v) is 4.82. The van der Waals surface area contributed by atoms with Crippen LogP contribution >= 0.6 is 11.6 Å². The van der Waals surface area contributed by atoms with Crippen molar-refractivity contribution < 1.29 is 9.15 Å². The van der Waals surface area contributed by atoms with Gasteiger partial charge in [0.15, 0.2) is 5.43 Å². The fourth-order valence-electron chi connectivity index (χ4n) is 2.93. The van der Waals surface area contributed by atoms with E-state index in [0.29, 0.717) is 34.0 Å². The lowest BCUT2D eigenvalue weighted by molar-refractivity contribution is 0.104. The standard InChI is InChI=1S/C21H18ClN3O3/c1-21(2,28-15-7-8-16-18(26)9-10-27-19(16)11-15)20-13-25(24-23-20)12-14-5-3-4-6-17(14)22/h3-11,13H,12H2,1-2H3. The molecule has 0 saturated heterocycles. The zero-order valence-corrected chi connectivity index (χ0v) is 16.2. The van der Waals surface area contributed by atoms with E-state index in [9.17, 15) is 4.79 Å². The van der Waals surface area contributed by atoms with E-state index in [1.54, 1.807) is 22.9 Å². The third-order valence-electron chi connectivity index (χ3n) is 4.45. The van der Waals surface area contributed by atoms with Gasteiger partial charge in [0, 0.05) is 17.2 Å². The smallest absolute Gasteiger partial charge is 0.192 e. The molecule has 0 amide bonds. The van der Waals surface area contributed by atoms with E-state index in [2.05, 4.69) is 10.3 Å². The van der Waals surface area contributed by atoms with Gasteiger partial charge < -0.3 is 9.15 Å². The average Bonchev–Trinajstić information content (AvgIpc) is 3.13. The summed E-state index contributed by atoms with van der Waals surface area (Å²) < 4.78 is 13.3. The Labute approximate surface area is 166 Å². The second-order valence-electron chi connectivity index (χ2n) is 6.95. The van der Waals surface area contributed by atoms with Crippen molar-refractivity contribution >= 4 is 22.6 Å². The summed E-state index contributed by atoms with van der Waals surface area (Å²) in [4.78, 5) is 11.8. The van der Waals surface area contributed by atoms with Gasteiger partial charge in [-0.15, -0.1) is 5.10 Å². The van der Waals surface area contributed by atoms with Crippen LogP contribution in [0.25, 0.3) is 11.0 Å². The van der Waals surface area contributed by atoms with Crippen LogP contribution in [-0.4, -0.2) is 15.0 Å². The van der Waals surface area contributed by atoms with Crippen molar-refractivity contribution in [2.75, 3.05) is 0 Å². The third kappa shape index (κ3) is 3.64. The van der Waals surface area contributed by atoms with Gasteiger partial charge >= 0.3 is 0 Å². The summed E-state index contributed by atoms with van der Waals surface area (Å²) in [5.41, 5.74) is 1.29. The van der Waals surface area contributed by atoms with E-state index < -0.39 is 5.60 Å². The van der Waals surface area contributed by atoms with E-state index in [1.165, 1.54) is 12.3 Å². The number of hydrogen-bond acceptors (Lipinski definition) is 5. The number of rotatable bonds is 5. The summed E-state index contributed by atoms with van der Waals surface area (Å²) in [7, 11) is 0. The van der Waals surface area contributed by atoms with E-state index >= 15 is 0 Å². The predicted molar refractivity (Wildman–Crippen MR) is 107 cm³/mol. The van der Waals surface area contributed by atoms with Crippen LogP contribution in [0.1, 0.15) is 25.1 Å². The molecule has 0 fully saturated rings. The molecule has 4 rings (SSSR count). The summed E-state index contributed by atoms with van der Waals surface area (Å²) in [5, 5.41) is 9.65. The first-order chi connectivity index (χ1) is 13.4. The summed E-state index contributed by atoms with van der Waals surface area (Å²) >= 11 is 6.22. The summed E-state index contributed by atoms with van der Waals surface area (Å²) in [6, 6.07) is 14.2. The fourth-order valence-corrected chi connectivity index (χ4v) is 3.12. The lowest BCUT2D eigenvalue weighted by Crippen LogP contribution is -2.25. The van der Waals surface area contributed by atoms with Gasteiger partial charge in [0.1, 0.15) is 22.6 Å². The molecule has 0 radical (unpaired) electrons. The first-order valence-corrected chi connectivity index (χ1v) is 9.15. The van der Waals surface area contributed by atoms with Crippen LogP contribution in [-0.2, 0) is 12.1 Å². The van der Waals surface area contributed by atoms with Crippen molar-refractivity contribution in [1.29, 1.82) is 0 Å². The number of benzene rings is 2. The van der Waals surface area contributed by atoms with Gasteiger partial charge in [-0.25, -0.2) is 4.68 Å². The molecule has 0 unspecified atom stereocenters. The monoisotopic (exact) mass is 395 g/mol. The molecule has 0 atom stereocenters. The zero-order valence-electron chi connectivity index (χ0n) is 15.4. The lowest BCUT2D eigenvalue weighted by Gasteiger charge is -2.24. The minimum absolute atomic E-state index is 0.0884. The van der Waals surface area contributed by atoms with Gasteiger partial charge in [0.05, 0.1) is 24.4 Å². The highest BCUT2D eigenvalue weighted by atomic mass is 35.5. The van der Waals surface area contributed by atoms with Crippen LogP contribution in [0, 0.1) is 0 Å². The summed E-state index contributed by atoms with van der Waals surface area (Å²) in [6.07, 6.45) is 3.21. The van der Waals surface area contributed by atoms with Crippen molar-refractivity contribution in [3.63, 3.8) is 0 Å². The Hall–Kier alpha value is -3.12. The van der Waals surface area contributed by atoms with Crippen LogP contribution < -0.4 is 10.2 Å². The molecular weight excluding hydrogens is 378 g/mol. The summed E-state index contributed by atoms with van der Waals surface area (Å²) in [5.74, 6) is 0.576. The van der Waals surface area contributed by atoms with Gasteiger partial charge in [-0.05, 0) is 37.6 Å². The number of aromatic nitrogens is 3. The van der Waals surface area contributed by atoms with E-state index in [-0.39, 0.29) is 5.43 Å². The van der Waals surface area contributed by atoms with Crippen molar-refractivity contribution in [2.24, 2.45) is 0 Å². The first kappa shape index (κ1) is 18.3. The summed E-state index contributed by atoms with van der Waals surface area (Å²) in [6.45, 7) is 4.33.